The first-order valence-electron chi connectivity index (χ1n) is 5.30. The highest BCUT2D eigenvalue weighted by atomic mass is 16.2. The van der Waals surface area contributed by atoms with E-state index in [4.69, 9.17) is 5.73 Å². The molecule has 0 radical (unpaired) electrons. The lowest BCUT2D eigenvalue weighted by atomic mass is 10.0. The van der Waals surface area contributed by atoms with Crippen molar-refractivity contribution in [3.8, 4) is 0 Å². The molecule has 0 aromatic carbocycles. The molecule has 0 fully saturated rings. The molecule has 1 rings (SSSR count). The highest BCUT2D eigenvalue weighted by Crippen LogP contribution is 2.15. The Morgan fingerprint density at radius 1 is 1.56 bits per heavy atom. The van der Waals surface area contributed by atoms with Crippen LogP contribution >= 0.6 is 0 Å². The maximum atomic E-state index is 12.2. The monoisotopic (exact) mass is 221 g/mol. The van der Waals surface area contributed by atoms with Gasteiger partial charge in [0.2, 0.25) is 0 Å². The number of hydrogen-bond donors (Lipinski definition) is 1. The molecule has 0 aliphatic heterocycles. The molecule has 0 aliphatic carbocycles. The van der Waals surface area contributed by atoms with Crippen molar-refractivity contribution >= 4 is 5.91 Å². The molecule has 88 valence electrons. The van der Waals surface area contributed by atoms with E-state index < -0.39 is 0 Å². The Morgan fingerprint density at radius 3 is 2.69 bits per heavy atom. The Labute approximate surface area is 96.5 Å². The minimum Gasteiger partial charge on any atom is -0.335 e. The zero-order chi connectivity index (χ0) is 12.3. The van der Waals surface area contributed by atoms with Gasteiger partial charge in [0.25, 0.3) is 5.91 Å². The van der Waals surface area contributed by atoms with E-state index in [1.54, 1.807) is 30.3 Å². The van der Waals surface area contributed by atoms with Crippen molar-refractivity contribution in [2.45, 2.75) is 26.3 Å². The number of carbonyl (C=O) groups is 1. The zero-order valence-corrected chi connectivity index (χ0v) is 10.3. The molecule has 0 bridgehead atoms. The van der Waals surface area contributed by atoms with Crippen LogP contribution in [0.15, 0.2) is 18.3 Å². The van der Waals surface area contributed by atoms with Gasteiger partial charge in [0, 0.05) is 31.0 Å². The van der Waals surface area contributed by atoms with Crippen molar-refractivity contribution in [3.05, 3.63) is 29.6 Å². The molecule has 0 unspecified atom stereocenters. The maximum absolute atomic E-state index is 12.2. The van der Waals surface area contributed by atoms with Crippen LogP contribution in [0.5, 0.6) is 0 Å². The summed E-state index contributed by atoms with van der Waals surface area (Å²) in [5, 5.41) is 0. The average molecular weight is 221 g/mol. The average Bonchev–Trinajstić information content (AvgIpc) is 2.27. The predicted molar refractivity (Wildman–Crippen MR) is 64.2 cm³/mol. The molecule has 0 spiro atoms. The minimum atomic E-state index is -0.348. The van der Waals surface area contributed by atoms with Crippen molar-refractivity contribution in [1.82, 2.24) is 9.88 Å². The van der Waals surface area contributed by atoms with E-state index in [0.717, 1.165) is 5.69 Å². The molecule has 4 nitrogen and oxygen atoms in total. The Balaban J connectivity index is 3.00. The molecule has 1 aromatic heterocycles. The van der Waals surface area contributed by atoms with Crippen LogP contribution in [-0.4, -0.2) is 34.9 Å². The fourth-order valence-electron chi connectivity index (χ4n) is 1.30. The van der Waals surface area contributed by atoms with Crippen LogP contribution in [0.25, 0.3) is 0 Å². The molecule has 0 saturated heterocycles. The number of nitrogens with two attached hydrogens (primary N) is 1. The van der Waals surface area contributed by atoms with Gasteiger partial charge in [0.05, 0.1) is 5.56 Å². The van der Waals surface area contributed by atoms with Gasteiger partial charge >= 0.3 is 0 Å². The van der Waals surface area contributed by atoms with E-state index in [9.17, 15) is 4.79 Å². The van der Waals surface area contributed by atoms with Crippen LogP contribution in [0.1, 0.15) is 29.9 Å². The first-order chi connectivity index (χ1) is 7.40. The maximum Gasteiger partial charge on any atom is 0.255 e. The summed E-state index contributed by atoms with van der Waals surface area (Å²) in [7, 11) is 1.77. The van der Waals surface area contributed by atoms with Gasteiger partial charge in [-0.25, -0.2) is 0 Å². The topological polar surface area (TPSA) is 59.2 Å². The summed E-state index contributed by atoms with van der Waals surface area (Å²) in [6.45, 7) is 6.14. The van der Waals surface area contributed by atoms with Gasteiger partial charge in [-0.1, -0.05) is 0 Å². The number of amides is 1. The molecule has 0 aliphatic rings. The normalized spacial score (nSPS) is 11.3. The fourth-order valence-corrected chi connectivity index (χ4v) is 1.30. The van der Waals surface area contributed by atoms with Gasteiger partial charge in [-0.3, -0.25) is 9.78 Å². The standard InChI is InChI=1S/C12H19N3O/c1-9-10(6-5-7-14-9)11(16)15(4)12(2,3)8-13/h5-7H,8,13H2,1-4H3. The third kappa shape index (κ3) is 2.39. The first-order valence-corrected chi connectivity index (χ1v) is 5.30. The van der Waals surface area contributed by atoms with Crippen LogP contribution in [0.4, 0.5) is 0 Å². The van der Waals surface area contributed by atoms with Crippen LogP contribution in [0, 0.1) is 6.92 Å². The van der Waals surface area contributed by atoms with Crippen LogP contribution < -0.4 is 5.73 Å². The van der Waals surface area contributed by atoms with Gasteiger partial charge in [0.15, 0.2) is 0 Å². The number of likely N-dealkylation sites (N-methyl/N-ethyl adjacent to an activating group) is 1. The van der Waals surface area contributed by atoms with Crippen LogP contribution in [-0.2, 0) is 0 Å². The Bertz CT molecular complexity index is 388. The Hall–Kier alpha value is -1.42. The van der Waals surface area contributed by atoms with Crippen molar-refractivity contribution in [2.24, 2.45) is 5.73 Å². The van der Waals surface area contributed by atoms with Crippen molar-refractivity contribution in [2.75, 3.05) is 13.6 Å². The van der Waals surface area contributed by atoms with E-state index >= 15 is 0 Å². The highest BCUT2D eigenvalue weighted by molar-refractivity contribution is 5.95. The summed E-state index contributed by atoms with van der Waals surface area (Å²) in [4.78, 5) is 18.0. The zero-order valence-electron chi connectivity index (χ0n) is 10.3. The van der Waals surface area contributed by atoms with Crippen LogP contribution in [0.2, 0.25) is 0 Å². The van der Waals surface area contributed by atoms with Crippen molar-refractivity contribution in [3.63, 3.8) is 0 Å². The number of rotatable bonds is 3. The van der Waals surface area contributed by atoms with Gasteiger partial charge in [0.1, 0.15) is 0 Å². The molecule has 1 aromatic rings. The lowest BCUT2D eigenvalue weighted by Crippen LogP contribution is -2.50. The summed E-state index contributed by atoms with van der Waals surface area (Å²) < 4.78 is 0. The fraction of sp³-hybridized carbons (Fsp3) is 0.500. The Kier molecular flexibility index (Phi) is 3.65. The lowest BCUT2D eigenvalue weighted by molar-refractivity contribution is 0.0639. The molecular weight excluding hydrogens is 202 g/mol. The molecule has 0 saturated carbocycles. The summed E-state index contributed by atoms with van der Waals surface area (Å²) in [5.74, 6) is -0.0407. The van der Waals surface area contributed by atoms with E-state index in [2.05, 4.69) is 4.98 Å². The molecule has 1 heterocycles. The molecule has 4 heteroatoms. The molecular formula is C12H19N3O. The molecule has 0 atom stereocenters. The number of aryl methyl sites for hydroxylation is 1. The SMILES string of the molecule is Cc1ncccc1C(=O)N(C)C(C)(C)CN. The number of aromatic nitrogens is 1. The lowest BCUT2D eigenvalue weighted by Gasteiger charge is -2.34. The van der Waals surface area contributed by atoms with Gasteiger partial charge in [-0.15, -0.1) is 0 Å². The molecule has 1 amide bonds. The molecule has 16 heavy (non-hydrogen) atoms. The van der Waals surface area contributed by atoms with Crippen molar-refractivity contribution in [1.29, 1.82) is 0 Å². The quantitative estimate of drug-likeness (QED) is 0.834. The van der Waals surface area contributed by atoms with Gasteiger partial charge in [-0.2, -0.15) is 0 Å². The van der Waals surface area contributed by atoms with E-state index in [1.165, 1.54) is 0 Å². The summed E-state index contributed by atoms with van der Waals surface area (Å²) >= 11 is 0. The first kappa shape index (κ1) is 12.6. The highest BCUT2D eigenvalue weighted by Gasteiger charge is 2.27. The van der Waals surface area contributed by atoms with E-state index in [1.807, 2.05) is 20.8 Å². The minimum absolute atomic E-state index is 0.0407. The van der Waals surface area contributed by atoms with Crippen LogP contribution in [0.3, 0.4) is 0 Å². The van der Waals surface area contributed by atoms with Crippen molar-refractivity contribution < 1.29 is 4.79 Å². The second-order valence-electron chi connectivity index (χ2n) is 4.52. The number of hydrogen-bond acceptors (Lipinski definition) is 3. The van der Waals surface area contributed by atoms with Gasteiger partial charge in [-0.05, 0) is 32.9 Å². The number of nitrogens with zero attached hydrogens (tertiary/aromatic N) is 2. The largest absolute Gasteiger partial charge is 0.335 e. The summed E-state index contributed by atoms with van der Waals surface area (Å²) in [5.41, 5.74) is 6.68. The predicted octanol–water partition coefficient (Wildman–Crippen LogP) is 1.20. The third-order valence-electron chi connectivity index (χ3n) is 2.95. The second kappa shape index (κ2) is 4.61. The third-order valence-corrected chi connectivity index (χ3v) is 2.95. The number of pyridine rings is 1. The molecule has 2 N–H and O–H groups in total. The Morgan fingerprint density at radius 2 is 2.19 bits per heavy atom. The smallest absolute Gasteiger partial charge is 0.255 e. The van der Waals surface area contributed by atoms with E-state index in [0.29, 0.717) is 12.1 Å². The second-order valence-corrected chi connectivity index (χ2v) is 4.52. The number of carbonyl (C=O) groups excluding carboxylic acids is 1. The van der Waals surface area contributed by atoms with Gasteiger partial charge < -0.3 is 10.6 Å². The van der Waals surface area contributed by atoms with E-state index in [-0.39, 0.29) is 11.4 Å². The summed E-state index contributed by atoms with van der Waals surface area (Å²) in [6.07, 6.45) is 1.68. The summed E-state index contributed by atoms with van der Waals surface area (Å²) in [6, 6.07) is 3.55.